The molecule has 0 aromatic heterocycles. The summed E-state index contributed by atoms with van der Waals surface area (Å²) in [5.41, 5.74) is -3.37. The van der Waals surface area contributed by atoms with Gasteiger partial charge in [-0.3, -0.25) is 9.10 Å². The van der Waals surface area contributed by atoms with E-state index >= 15 is 0 Å². The number of benzene rings is 2. The number of Topliss-reactive ketones (excluding diaryl/α,β-unsaturated/α-hetero) is 1. The average molecular weight is 502 g/mol. The number of hydrogen-bond donors (Lipinski definition) is 1. The van der Waals surface area contributed by atoms with Crippen LogP contribution in [0.2, 0.25) is 0 Å². The Hall–Kier alpha value is -2.46. The van der Waals surface area contributed by atoms with Crippen LogP contribution in [-0.2, 0) is 26.8 Å². The van der Waals surface area contributed by atoms with Gasteiger partial charge < -0.3 is 5.11 Å². The second-order valence-corrected chi connectivity index (χ2v) is 10.9. The van der Waals surface area contributed by atoms with E-state index in [1.807, 2.05) is 0 Å². The number of halogens is 4. The lowest BCUT2D eigenvalue weighted by molar-refractivity contribution is -0.278. The lowest BCUT2D eigenvalue weighted by atomic mass is 9.81. The van der Waals surface area contributed by atoms with E-state index in [0.29, 0.717) is 0 Å². The molecule has 0 fully saturated rings. The maximum Gasteiger partial charge on any atom is 0.283 e. The zero-order valence-corrected chi connectivity index (χ0v) is 20.1. The number of aliphatic hydroxyl groups is 1. The van der Waals surface area contributed by atoms with Crippen LogP contribution in [0, 0.1) is 6.92 Å². The van der Waals surface area contributed by atoms with Crippen LogP contribution in [0.25, 0.3) is 0 Å². The van der Waals surface area contributed by atoms with E-state index in [1.54, 1.807) is 19.1 Å². The molecule has 0 amide bonds. The summed E-state index contributed by atoms with van der Waals surface area (Å²) in [7, 11) is -4.17. The van der Waals surface area contributed by atoms with E-state index in [-0.39, 0.29) is 55.0 Å². The predicted octanol–water partition coefficient (Wildman–Crippen LogP) is 4.98. The monoisotopic (exact) mass is 501 g/mol. The average Bonchev–Trinajstić information content (AvgIpc) is 2.70. The summed E-state index contributed by atoms with van der Waals surface area (Å²) < 4.78 is 85.2. The summed E-state index contributed by atoms with van der Waals surface area (Å²) in [6, 6.07) is 8.39. The molecule has 1 atom stereocenters. The predicted molar refractivity (Wildman–Crippen MR) is 120 cm³/mol. The third-order valence-corrected chi connectivity index (χ3v) is 8.07. The molecule has 0 saturated carbocycles. The van der Waals surface area contributed by atoms with Crippen molar-refractivity contribution in [3.05, 3.63) is 59.2 Å². The first-order chi connectivity index (χ1) is 15.5. The number of carbonyl (C=O) groups excluding carboxylic acids is 1. The molecule has 186 valence electrons. The summed E-state index contributed by atoms with van der Waals surface area (Å²) >= 11 is 0. The Morgan fingerprint density at radius 3 is 2.12 bits per heavy atom. The highest BCUT2D eigenvalue weighted by atomic mass is 32.2. The van der Waals surface area contributed by atoms with Crippen molar-refractivity contribution in [3.63, 3.8) is 0 Å². The van der Waals surface area contributed by atoms with Crippen LogP contribution in [0.1, 0.15) is 50.3 Å². The maximum atomic E-state index is 14.2. The molecule has 2 aromatic carbocycles. The quantitative estimate of drug-likeness (QED) is 0.543. The van der Waals surface area contributed by atoms with Crippen LogP contribution in [-0.4, -0.2) is 37.2 Å². The van der Waals surface area contributed by atoms with Gasteiger partial charge in [-0.1, -0.05) is 29.8 Å². The Balaban J connectivity index is 2.20. The first-order valence-corrected chi connectivity index (χ1v) is 12.2. The van der Waals surface area contributed by atoms with Gasteiger partial charge in [-0.15, -0.1) is 0 Å². The molecule has 0 saturated heterocycles. The molecule has 0 spiro atoms. The van der Waals surface area contributed by atoms with Gasteiger partial charge in [0.15, 0.2) is 0 Å². The highest BCUT2D eigenvalue weighted by Crippen LogP contribution is 2.49. The fraction of sp³-hybridized carbons (Fsp3) is 0.458. The minimum atomic E-state index is -4.20. The maximum absolute atomic E-state index is 14.2. The molecule has 1 aliphatic rings. The van der Waals surface area contributed by atoms with Gasteiger partial charge in [-0.05, 0) is 56.0 Å². The standard InChI is InChI=1S/C24H27F4NO4S/c1-15-5-10-20(11-6-15)34(32,33)29-19(13-16(2)30)9-7-17-14-18(8-12-21(17)29)24(31,22(3,25)26)23(4,27)28/h5-6,8,10-12,14,19,31H,7,9,13H2,1-4H3/t19-/m0/s1. The Bertz CT molecular complexity index is 1170. The Labute approximate surface area is 196 Å². The molecule has 0 bridgehead atoms. The minimum Gasteiger partial charge on any atom is -0.374 e. The van der Waals surface area contributed by atoms with Gasteiger partial charge in [0.25, 0.3) is 21.9 Å². The number of hydrogen-bond acceptors (Lipinski definition) is 4. The summed E-state index contributed by atoms with van der Waals surface area (Å²) in [6.07, 6.45) is 0.253. The zero-order valence-electron chi connectivity index (χ0n) is 19.3. The van der Waals surface area contributed by atoms with Gasteiger partial charge in [0, 0.05) is 20.3 Å². The summed E-state index contributed by atoms with van der Waals surface area (Å²) in [6.45, 7) is 3.55. The molecule has 0 unspecified atom stereocenters. The van der Waals surface area contributed by atoms with Gasteiger partial charge in [0.2, 0.25) is 5.60 Å². The van der Waals surface area contributed by atoms with Gasteiger partial charge in [-0.2, -0.15) is 0 Å². The van der Waals surface area contributed by atoms with Crippen LogP contribution in [0.15, 0.2) is 47.4 Å². The van der Waals surface area contributed by atoms with E-state index < -0.39 is 39.1 Å². The topological polar surface area (TPSA) is 74.7 Å². The number of nitrogens with zero attached hydrogens (tertiary/aromatic N) is 1. The number of sulfonamides is 1. The molecule has 10 heteroatoms. The van der Waals surface area contributed by atoms with Crippen molar-refractivity contribution in [2.24, 2.45) is 0 Å². The van der Waals surface area contributed by atoms with Crippen molar-refractivity contribution in [2.75, 3.05) is 4.31 Å². The Morgan fingerprint density at radius 1 is 1.06 bits per heavy atom. The zero-order chi connectivity index (χ0) is 25.7. The normalized spacial score (nSPS) is 17.4. The number of aryl methyl sites for hydroxylation is 2. The molecule has 3 rings (SSSR count). The smallest absolute Gasteiger partial charge is 0.283 e. The third kappa shape index (κ3) is 4.45. The van der Waals surface area contributed by atoms with Gasteiger partial charge >= 0.3 is 0 Å². The fourth-order valence-corrected chi connectivity index (χ4v) is 6.14. The first kappa shape index (κ1) is 26.2. The molecule has 5 nitrogen and oxygen atoms in total. The number of ketones is 1. The molecular formula is C24H27F4NO4S. The van der Waals surface area contributed by atoms with Crippen LogP contribution in [0.4, 0.5) is 23.2 Å². The number of rotatable bonds is 7. The van der Waals surface area contributed by atoms with Crippen molar-refractivity contribution >= 4 is 21.5 Å². The summed E-state index contributed by atoms with van der Waals surface area (Å²) in [5.74, 6) is -8.63. The van der Waals surface area contributed by atoms with Crippen molar-refractivity contribution in [1.29, 1.82) is 0 Å². The summed E-state index contributed by atoms with van der Waals surface area (Å²) in [4.78, 5) is 11.8. The number of anilines is 1. The Morgan fingerprint density at radius 2 is 1.62 bits per heavy atom. The van der Waals surface area contributed by atoms with Crippen LogP contribution in [0.5, 0.6) is 0 Å². The highest BCUT2D eigenvalue weighted by Gasteiger charge is 2.64. The van der Waals surface area contributed by atoms with Gasteiger partial charge in [-0.25, -0.2) is 26.0 Å². The fourth-order valence-electron chi connectivity index (χ4n) is 4.42. The molecule has 1 heterocycles. The molecule has 34 heavy (non-hydrogen) atoms. The van der Waals surface area contributed by atoms with Gasteiger partial charge in [0.1, 0.15) is 5.78 Å². The molecule has 2 aromatic rings. The van der Waals surface area contributed by atoms with Crippen molar-refractivity contribution in [2.45, 2.75) is 75.3 Å². The van der Waals surface area contributed by atoms with Crippen molar-refractivity contribution in [3.8, 4) is 0 Å². The van der Waals surface area contributed by atoms with Crippen LogP contribution >= 0.6 is 0 Å². The van der Waals surface area contributed by atoms with E-state index in [1.165, 1.54) is 19.1 Å². The largest absolute Gasteiger partial charge is 0.374 e. The SMILES string of the molecule is CC(=O)C[C@@H]1CCc2cc(C(O)(C(C)(F)F)C(C)(F)F)ccc2N1S(=O)(=O)c1ccc(C)cc1. The van der Waals surface area contributed by atoms with Crippen LogP contribution in [0.3, 0.4) is 0 Å². The van der Waals surface area contributed by atoms with E-state index in [4.69, 9.17) is 0 Å². The van der Waals surface area contributed by atoms with Crippen molar-refractivity contribution < 1.29 is 35.9 Å². The summed E-state index contributed by atoms with van der Waals surface area (Å²) in [5, 5.41) is 10.5. The Kier molecular flexibility index (Phi) is 6.64. The molecule has 0 radical (unpaired) electrons. The third-order valence-electron chi connectivity index (χ3n) is 6.18. The molecule has 1 N–H and O–H groups in total. The molecule has 1 aliphatic heterocycles. The second-order valence-electron chi connectivity index (χ2n) is 9.04. The number of fused-ring (bicyclic) bond motifs is 1. The van der Waals surface area contributed by atoms with E-state index in [2.05, 4.69) is 0 Å². The first-order valence-electron chi connectivity index (χ1n) is 10.7. The lowest BCUT2D eigenvalue weighted by Crippen LogP contribution is -2.55. The minimum absolute atomic E-state index is 0.0275. The second kappa shape index (κ2) is 8.64. The van der Waals surface area contributed by atoms with Crippen molar-refractivity contribution in [1.82, 2.24) is 0 Å². The van der Waals surface area contributed by atoms with E-state index in [9.17, 15) is 35.9 Å². The number of alkyl halides is 4. The lowest BCUT2D eigenvalue weighted by Gasteiger charge is -2.41. The molecule has 0 aliphatic carbocycles. The highest BCUT2D eigenvalue weighted by molar-refractivity contribution is 7.92. The van der Waals surface area contributed by atoms with Gasteiger partial charge in [0.05, 0.1) is 16.6 Å². The molecular weight excluding hydrogens is 474 g/mol. The van der Waals surface area contributed by atoms with E-state index in [0.717, 1.165) is 28.1 Å². The number of carbonyl (C=O) groups is 1. The van der Waals surface area contributed by atoms with Crippen LogP contribution < -0.4 is 4.31 Å².